The van der Waals surface area contributed by atoms with E-state index in [1.54, 1.807) is 48.3 Å². The number of aryl methyl sites for hydroxylation is 1. The second-order valence-corrected chi connectivity index (χ2v) is 11.6. The lowest BCUT2D eigenvalue weighted by Crippen LogP contribution is -2.48. The van der Waals surface area contributed by atoms with Crippen molar-refractivity contribution in [2.75, 3.05) is 13.6 Å². The number of hydrogen-bond acceptors (Lipinski definition) is 6. The van der Waals surface area contributed by atoms with Crippen molar-refractivity contribution in [1.29, 1.82) is 0 Å². The Labute approximate surface area is 254 Å². The molecule has 10 heteroatoms. The summed E-state index contributed by atoms with van der Waals surface area (Å²) in [5, 5.41) is 19.9. The van der Waals surface area contributed by atoms with E-state index in [1.165, 1.54) is 23.5 Å². The predicted octanol–water partition coefficient (Wildman–Crippen LogP) is 5.33. The highest BCUT2D eigenvalue weighted by Gasteiger charge is 2.25. The summed E-state index contributed by atoms with van der Waals surface area (Å²) >= 11 is 1.49. The smallest absolute Gasteiger partial charge is 0.270 e. The van der Waals surface area contributed by atoms with Crippen molar-refractivity contribution >= 4 is 23.2 Å². The molecule has 0 aliphatic rings. The maximum Gasteiger partial charge on any atom is 0.270 e. The molecule has 2 atom stereocenters. The van der Waals surface area contributed by atoms with Crippen LogP contribution in [0.2, 0.25) is 0 Å². The zero-order valence-corrected chi connectivity index (χ0v) is 25.2. The summed E-state index contributed by atoms with van der Waals surface area (Å²) in [6.45, 7) is 3.50. The number of thiazole rings is 1. The number of halogens is 2. The number of hydrogen-bond donors (Lipinski definition) is 3. The monoisotopic (exact) mass is 606 g/mol. The fraction of sp³-hybridized carbons (Fsp3) is 0.303. The molecule has 3 aromatic carbocycles. The normalized spacial score (nSPS) is 12.9. The lowest BCUT2D eigenvalue weighted by atomic mass is 10.00. The van der Waals surface area contributed by atoms with Gasteiger partial charge >= 0.3 is 0 Å². The van der Waals surface area contributed by atoms with Crippen molar-refractivity contribution in [2.45, 2.75) is 51.4 Å². The molecule has 226 valence electrons. The molecule has 0 unspecified atom stereocenters. The number of carbonyl (C=O) groups excluding carboxylic acids is 2. The molecule has 0 fully saturated rings. The maximum absolute atomic E-state index is 13.7. The van der Waals surface area contributed by atoms with Gasteiger partial charge in [-0.15, -0.1) is 11.3 Å². The number of nitrogens with zero attached hydrogens (tertiary/aromatic N) is 2. The van der Waals surface area contributed by atoms with E-state index < -0.39 is 24.0 Å². The highest BCUT2D eigenvalue weighted by atomic mass is 32.1. The van der Waals surface area contributed by atoms with Crippen molar-refractivity contribution in [3.8, 4) is 0 Å². The first-order valence-corrected chi connectivity index (χ1v) is 14.8. The van der Waals surface area contributed by atoms with E-state index in [9.17, 15) is 23.5 Å². The van der Waals surface area contributed by atoms with Crippen LogP contribution in [0.4, 0.5) is 8.78 Å². The van der Waals surface area contributed by atoms with E-state index in [2.05, 4.69) is 15.6 Å². The number of aliphatic hydroxyl groups is 1. The van der Waals surface area contributed by atoms with Crippen molar-refractivity contribution in [2.24, 2.45) is 0 Å². The summed E-state index contributed by atoms with van der Waals surface area (Å²) in [6, 6.07) is 21.4. The highest BCUT2D eigenvalue weighted by molar-refractivity contribution is 7.09. The summed E-state index contributed by atoms with van der Waals surface area (Å²) in [5.74, 6) is -3.61. The Morgan fingerprint density at radius 1 is 1.00 bits per heavy atom. The van der Waals surface area contributed by atoms with E-state index in [0.717, 1.165) is 23.2 Å². The Hall–Kier alpha value is -3.99. The van der Waals surface area contributed by atoms with E-state index in [0.29, 0.717) is 29.7 Å². The summed E-state index contributed by atoms with van der Waals surface area (Å²) in [6.07, 6.45) is -0.626. The van der Waals surface area contributed by atoms with E-state index in [1.807, 2.05) is 42.6 Å². The van der Waals surface area contributed by atoms with Crippen LogP contribution in [0.1, 0.15) is 55.0 Å². The first-order chi connectivity index (χ1) is 20.5. The first kappa shape index (κ1) is 31.9. The van der Waals surface area contributed by atoms with Gasteiger partial charge in [0.2, 0.25) is 0 Å². The van der Waals surface area contributed by atoms with Crippen molar-refractivity contribution in [1.82, 2.24) is 20.5 Å². The standard InChI is InChI=1S/C33H36F2N4O3S/c1-22-21-43-30(37-22)20-39(3)32(42)26-13-8-12-25(17-26)31(41)38-28(16-23-9-5-4-6-10-23)29(40)19-36-18-24-11-7-14-27(15-24)33(2,34)35/h4-15,17,21,28-29,36,40H,16,18-20H2,1-3H3,(H,38,41)/t28-,29+/m0/s1. The van der Waals surface area contributed by atoms with Gasteiger partial charge in [0.15, 0.2) is 0 Å². The van der Waals surface area contributed by atoms with E-state index >= 15 is 0 Å². The molecule has 0 spiro atoms. The lowest BCUT2D eigenvalue weighted by molar-refractivity contribution is 0.0173. The summed E-state index contributed by atoms with van der Waals surface area (Å²) in [5.41, 5.74) is 3.06. The molecule has 0 radical (unpaired) electrons. The number of rotatable bonds is 13. The van der Waals surface area contributed by atoms with Crippen LogP contribution in [0.3, 0.4) is 0 Å². The van der Waals surface area contributed by atoms with Crippen LogP contribution in [0.25, 0.3) is 0 Å². The number of aromatic nitrogens is 1. The van der Waals surface area contributed by atoms with Gasteiger partial charge in [-0.05, 0) is 48.7 Å². The molecule has 43 heavy (non-hydrogen) atoms. The van der Waals surface area contributed by atoms with Crippen LogP contribution in [-0.4, -0.2) is 52.5 Å². The number of amides is 2. The largest absolute Gasteiger partial charge is 0.390 e. The van der Waals surface area contributed by atoms with E-state index in [-0.39, 0.29) is 24.6 Å². The third-order valence-corrected chi connectivity index (χ3v) is 7.90. The van der Waals surface area contributed by atoms with Gasteiger partial charge in [-0.3, -0.25) is 9.59 Å². The van der Waals surface area contributed by atoms with Gasteiger partial charge in [0.25, 0.3) is 17.7 Å². The van der Waals surface area contributed by atoms with Gasteiger partial charge in [0.1, 0.15) is 5.01 Å². The fourth-order valence-corrected chi connectivity index (χ4v) is 5.45. The molecule has 4 aromatic rings. The van der Waals surface area contributed by atoms with Gasteiger partial charge < -0.3 is 20.6 Å². The third-order valence-electron chi connectivity index (χ3n) is 6.95. The number of alkyl halides is 2. The zero-order chi connectivity index (χ0) is 31.0. The van der Waals surface area contributed by atoms with Crippen molar-refractivity contribution in [3.63, 3.8) is 0 Å². The molecule has 0 saturated carbocycles. The quantitative estimate of drug-likeness (QED) is 0.191. The van der Waals surface area contributed by atoms with Crippen LogP contribution >= 0.6 is 11.3 Å². The predicted molar refractivity (Wildman–Crippen MR) is 164 cm³/mol. The Morgan fingerprint density at radius 2 is 1.70 bits per heavy atom. The number of nitrogens with one attached hydrogen (secondary N) is 2. The minimum absolute atomic E-state index is 0.0771. The van der Waals surface area contributed by atoms with Gasteiger partial charge in [-0.2, -0.15) is 0 Å². The molecule has 4 rings (SSSR count). The molecule has 2 amide bonds. The summed E-state index contributed by atoms with van der Waals surface area (Å²) < 4.78 is 27.5. The van der Waals surface area contributed by atoms with Crippen LogP contribution in [0.5, 0.6) is 0 Å². The molecule has 1 heterocycles. The Morgan fingerprint density at radius 3 is 2.40 bits per heavy atom. The molecule has 0 saturated heterocycles. The Kier molecular flexibility index (Phi) is 10.7. The third kappa shape index (κ3) is 9.25. The topological polar surface area (TPSA) is 94.6 Å². The summed E-state index contributed by atoms with van der Waals surface area (Å²) in [7, 11) is 1.69. The van der Waals surface area contributed by atoms with Gasteiger partial charge in [-0.25, -0.2) is 13.8 Å². The molecule has 3 N–H and O–H groups in total. The molecule has 0 bridgehead atoms. The van der Waals surface area contributed by atoms with Crippen LogP contribution in [0, 0.1) is 6.92 Å². The number of benzene rings is 3. The average Bonchev–Trinajstić information content (AvgIpc) is 3.40. The Bertz CT molecular complexity index is 1520. The minimum Gasteiger partial charge on any atom is -0.390 e. The zero-order valence-electron chi connectivity index (χ0n) is 24.4. The average molecular weight is 607 g/mol. The minimum atomic E-state index is -2.95. The fourth-order valence-electron chi connectivity index (χ4n) is 4.63. The second-order valence-electron chi connectivity index (χ2n) is 10.7. The SMILES string of the molecule is Cc1csc(CN(C)C(=O)c2cccc(C(=O)N[C@@H](Cc3ccccc3)[C@H](O)CNCc3cccc(C(C)(F)F)c3)c2)n1. The van der Waals surface area contributed by atoms with Gasteiger partial charge in [-0.1, -0.05) is 54.6 Å². The maximum atomic E-state index is 13.7. The van der Waals surface area contributed by atoms with Gasteiger partial charge in [0, 0.05) is 54.8 Å². The summed E-state index contributed by atoms with van der Waals surface area (Å²) in [4.78, 5) is 32.4. The molecular weight excluding hydrogens is 570 g/mol. The van der Waals surface area contributed by atoms with Crippen molar-refractivity contribution in [3.05, 3.63) is 123 Å². The van der Waals surface area contributed by atoms with Crippen molar-refractivity contribution < 1.29 is 23.5 Å². The van der Waals surface area contributed by atoms with Crippen LogP contribution in [-0.2, 0) is 25.4 Å². The van der Waals surface area contributed by atoms with Crippen LogP contribution in [0.15, 0.2) is 84.2 Å². The number of aliphatic hydroxyl groups excluding tert-OH is 1. The lowest BCUT2D eigenvalue weighted by Gasteiger charge is -2.25. The van der Waals surface area contributed by atoms with Gasteiger partial charge in [0.05, 0.1) is 18.7 Å². The number of carbonyl (C=O) groups is 2. The molecular formula is C33H36F2N4O3S. The molecule has 7 nitrogen and oxygen atoms in total. The first-order valence-electron chi connectivity index (χ1n) is 14.0. The Balaban J connectivity index is 1.42. The second kappa shape index (κ2) is 14.5. The van der Waals surface area contributed by atoms with E-state index in [4.69, 9.17) is 0 Å². The molecule has 0 aliphatic carbocycles. The molecule has 0 aliphatic heterocycles. The van der Waals surface area contributed by atoms with Crippen LogP contribution < -0.4 is 10.6 Å². The highest BCUT2D eigenvalue weighted by Crippen LogP contribution is 2.27. The molecule has 1 aromatic heterocycles.